The van der Waals surface area contributed by atoms with E-state index >= 15 is 0 Å². The minimum absolute atomic E-state index is 0.0828. The number of aryl methyl sites for hydroxylation is 2. The summed E-state index contributed by atoms with van der Waals surface area (Å²) in [6.07, 6.45) is 2.62. The molecule has 0 aliphatic heterocycles. The predicted octanol–water partition coefficient (Wildman–Crippen LogP) is 2.68. The average Bonchev–Trinajstić information content (AvgIpc) is 2.64. The summed E-state index contributed by atoms with van der Waals surface area (Å²) in [7, 11) is 1.96. The Morgan fingerprint density at radius 1 is 1.25 bits per heavy atom. The van der Waals surface area contributed by atoms with Crippen molar-refractivity contribution in [2.24, 2.45) is 12.8 Å². The Balaban J connectivity index is 1.92. The first-order valence-electron chi connectivity index (χ1n) is 6.96. The van der Waals surface area contributed by atoms with E-state index in [1.54, 1.807) is 12.1 Å². The van der Waals surface area contributed by atoms with Gasteiger partial charge >= 0.3 is 0 Å². The maximum Gasteiger partial charge on any atom is 0.123 e. The van der Waals surface area contributed by atoms with Crippen LogP contribution in [0.25, 0.3) is 0 Å². The van der Waals surface area contributed by atoms with E-state index in [0.29, 0.717) is 0 Å². The summed E-state index contributed by atoms with van der Waals surface area (Å²) in [4.78, 5) is 0. The van der Waals surface area contributed by atoms with Crippen LogP contribution in [0.4, 0.5) is 4.39 Å². The van der Waals surface area contributed by atoms with Crippen molar-refractivity contribution in [3.05, 3.63) is 52.6 Å². The molecule has 0 aliphatic rings. The number of hydrogen-bond acceptors (Lipinski definition) is 2. The molecule has 0 spiro atoms. The van der Waals surface area contributed by atoms with Crippen LogP contribution in [0.3, 0.4) is 0 Å². The van der Waals surface area contributed by atoms with Crippen molar-refractivity contribution in [1.82, 2.24) is 9.78 Å². The number of nitrogens with zero attached hydrogens (tertiary/aromatic N) is 2. The van der Waals surface area contributed by atoms with Crippen molar-refractivity contribution < 1.29 is 4.39 Å². The summed E-state index contributed by atoms with van der Waals surface area (Å²) in [6.45, 7) is 4.12. The molecule has 3 nitrogen and oxygen atoms in total. The highest BCUT2D eigenvalue weighted by molar-refractivity contribution is 5.24. The van der Waals surface area contributed by atoms with Gasteiger partial charge in [-0.1, -0.05) is 12.1 Å². The van der Waals surface area contributed by atoms with Crippen molar-refractivity contribution in [3.8, 4) is 0 Å². The Labute approximate surface area is 119 Å². The lowest BCUT2D eigenvalue weighted by Crippen LogP contribution is -2.23. The molecule has 4 heteroatoms. The van der Waals surface area contributed by atoms with E-state index in [4.69, 9.17) is 5.73 Å². The summed E-state index contributed by atoms with van der Waals surface area (Å²) >= 11 is 0. The summed E-state index contributed by atoms with van der Waals surface area (Å²) in [5.41, 5.74) is 10.8. The third-order valence-electron chi connectivity index (χ3n) is 3.84. The minimum atomic E-state index is -0.205. The second-order valence-electron chi connectivity index (χ2n) is 5.40. The van der Waals surface area contributed by atoms with E-state index < -0.39 is 0 Å². The van der Waals surface area contributed by atoms with Crippen LogP contribution in [0.15, 0.2) is 24.3 Å². The van der Waals surface area contributed by atoms with Crippen LogP contribution in [0.1, 0.15) is 28.9 Å². The first-order chi connectivity index (χ1) is 9.47. The standard InChI is InChI=1S/C16H22FN3/c1-11-16(12(2)20(3)19-11)9-8-15(18)10-13-4-6-14(17)7-5-13/h4-7,15H,8-10,18H2,1-3H3. The van der Waals surface area contributed by atoms with E-state index in [-0.39, 0.29) is 11.9 Å². The van der Waals surface area contributed by atoms with E-state index in [1.807, 2.05) is 18.7 Å². The lowest BCUT2D eigenvalue weighted by molar-refractivity contribution is 0.603. The molecule has 1 unspecified atom stereocenters. The van der Waals surface area contributed by atoms with Gasteiger partial charge in [0.25, 0.3) is 0 Å². The van der Waals surface area contributed by atoms with E-state index in [2.05, 4.69) is 12.0 Å². The second-order valence-corrected chi connectivity index (χ2v) is 5.40. The molecule has 0 amide bonds. The van der Waals surface area contributed by atoms with Crippen LogP contribution in [-0.4, -0.2) is 15.8 Å². The maximum absolute atomic E-state index is 12.8. The molecule has 0 radical (unpaired) electrons. The summed E-state index contributed by atoms with van der Waals surface area (Å²) in [5.74, 6) is -0.205. The Morgan fingerprint density at radius 3 is 2.45 bits per heavy atom. The molecule has 0 saturated carbocycles. The van der Waals surface area contributed by atoms with Gasteiger partial charge < -0.3 is 5.73 Å². The van der Waals surface area contributed by atoms with Crippen molar-refractivity contribution in [2.75, 3.05) is 0 Å². The van der Waals surface area contributed by atoms with Gasteiger partial charge in [0, 0.05) is 18.8 Å². The third kappa shape index (κ3) is 3.45. The van der Waals surface area contributed by atoms with Gasteiger partial charge in [-0.2, -0.15) is 5.10 Å². The maximum atomic E-state index is 12.8. The largest absolute Gasteiger partial charge is 0.327 e. The second kappa shape index (κ2) is 6.18. The van der Waals surface area contributed by atoms with E-state index in [0.717, 1.165) is 30.5 Å². The molecule has 108 valence electrons. The van der Waals surface area contributed by atoms with Gasteiger partial charge in [-0.15, -0.1) is 0 Å². The Bertz CT molecular complexity index is 572. The lowest BCUT2D eigenvalue weighted by atomic mass is 9.99. The molecule has 1 aromatic heterocycles. The molecule has 20 heavy (non-hydrogen) atoms. The third-order valence-corrected chi connectivity index (χ3v) is 3.84. The molecule has 0 bridgehead atoms. The molecule has 1 heterocycles. The van der Waals surface area contributed by atoms with E-state index in [1.165, 1.54) is 23.4 Å². The zero-order valence-electron chi connectivity index (χ0n) is 12.4. The molecule has 0 saturated heterocycles. The first kappa shape index (κ1) is 14.7. The van der Waals surface area contributed by atoms with Crippen molar-refractivity contribution in [3.63, 3.8) is 0 Å². The number of halogens is 1. The fourth-order valence-electron chi connectivity index (χ4n) is 2.53. The van der Waals surface area contributed by atoms with Gasteiger partial charge in [-0.3, -0.25) is 4.68 Å². The summed E-state index contributed by atoms with van der Waals surface area (Å²) in [6, 6.07) is 6.65. The highest BCUT2D eigenvalue weighted by atomic mass is 19.1. The fraction of sp³-hybridized carbons (Fsp3) is 0.438. The Morgan fingerprint density at radius 2 is 1.90 bits per heavy atom. The smallest absolute Gasteiger partial charge is 0.123 e. The van der Waals surface area contributed by atoms with Gasteiger partial charge in [0.1, 0.15) is 5.82 Å². The topological polar surface area (TPSA) is 43.8 Å². The van der Waals surface area contributed by atoms with Crippen LogP contribution in [0.2, 0.25) is 0 Å². The van der Waals surface area contributed by atoms with Gasteiger partial charge in [0.2, 0.25) is 0 Å². The summed E-state index contributed by atoms with van der Waals surface area (Å²) in [5, 5.41) is 4.42. The number of benzene rings is 1. The Hall–Kier alpha value is -1.68. The molecule has 1 atom stereocenters. The van der Waals surface area contributed by atoms with E-state index in [9.17, 15) is 4.39 Å². The lowest BCUT2D eigenvalue weighted by Gasteiger charge is -2.12. The van der Waals surface area contributed by atoms with Crippen LogP contribution >= 0.6 is 0 Å². The van der Waals surface area contributed by atoms with Gasteiger partial charge in [0.15, 0.2) is 0 Å². The molecular weight excluding hydrogens is 253 g/mol. The molecule has 2 aromatic rings. The molecule has 2 N–H and O–H groups in total. The summed E-state index contributed by atoms with van der Waals surface area (Å²) < 4.78 is 14.8. The van der Waals surface area contributed by atoms with Crippen molar-refractivity contribution >= 4 is 0 Å². The van der Waals surface area contributed by atoms with Gasteiger partial charge in [-0.05, 0) is 56.4 Å². The highest BCUT2D eigenvalue weighted by Crippen LogP contribution is 2.16. The van der Waals surface area contributed by atoms with Crippen LogP contribution in [0.5, 0.6) is 0 Å². The zero-order chi connectivity index (χ0) is 14.7. The SMILES string of the molecule is Cc1nn(C)c(C)c1CCC(N)Cc1ccc(F)cc1. The number of nitrogens with two attached hydrogens (primary N) is 1. The monoisotopic (exact) mass is 275 g/mol. The number of hydrogen-bond donors (Lipinski definition) is 1. The average molecular weight is 275 g/mol. The van der Waals surface area contributed by atoms with Gasteiger partial charge in [0.05, 0.1) is 5.69 Å². The van der Waals surface area contributed by atoms with Crippen LogP contribution in [-0.2, 0) is 19.9 Å². The minimum Gasteiger partial charge on any atom is -0.327 e. The molecule has 1 aromatic carbocycles. The highest BCUT2D eigenvalue weighted by Gasteiger charge is 2.11. The molecular formula is C16H22FN3. The zero-order valence-corrected chi connectivity index (χ0v) is 12.4. The quantitative estimate of drug-likeness (QED) is 0.911. The van der Waals surface area contributed by atoms with Crippen LogP contribution in [0, 0.1) is 19.7 Å². The van der Waals surface area contributed by atoms with Gasteiger partial charge in [-0.25, -0.2) is 4.39 Å². The normalized spacial score (nSPS) is 12.7. The van der Waals surface area contributed by atoms with Crippen LogP contribution < -0.4 is 5.73 Å². The van der Waals surface area contributed by atoms with Crippen molar-refractivity contribution in [2.45, 2.75) is 39.2 Å². The number of aromatic nitrogens is 2. The van der Waals surface area contributed by atoms with Crippen molar-refractivity contribution in [1.29, 1.82) is 0 Å². The molecule has 0 fully saturated rings. The fourth-order valence-corrected chi connectivity index (χ4v) is 2.53. The Kier molecular flexibility index (Phi) is 4.55. The predicted molar refractivity (Wildman–Crippen MR) is 79.1 cm³/mol. The first-order valence-corrected chi connectivity index (χ1v) is 6.96. The molecule has 2 rings (SSSR count). The molecule has 0 aliphatic carbocycles. The number of rotatable bonds is 5.